The van der Waals surface area contributed by atoms with Crippen LogP contribution in [0.2, 0.25) is 0 Å². The Morgan fingerprint density at radius 1 is 1.22 bits per heavy atom. The molecule has 6 heteroatoms. The molecule has 0 aliphatic carbocycles. The standard InChI is InChI=1S/C12H12BrN3O2/c1-17-7-11-15-10(14)6-12(16-11)18-9-4-2-8(13)3-5-9/h2-6H,7H2,1H3,(H2,14,15,16). The number of nitrogen functional groups attached to an aromatic ring is 1. The van der Waals surface area contributed by atoms with Gasteiger partial charge in [0.05, 0.1) is 0 Å². The molecule has 0 saturated carbocycles. The number of aromatic nitrogens is 2. The third-order valence-corrected chi connectivity index (χ3v) is 2.61. The van der Waals surface area contributed by atoms with E-state index in [-0.39, 0.29) is 0 Å². The third kappa shape index (κ3) is 3.41. The average Bonchev–Trinajstić information content (AvgIpc) is 2.32. The van der Waals surface area contributed by atoms with E-state index in [0.29, 0.717) is 29.9 Å². The van der Waals surface area contributed by atoms with E-state index < -0.39 is 0 Å². The van der Waals surface area contributed by atoms with Crippen molar-refractivity contribution in [1.82, 2.24) is 9.97 Å². The van der Waals surface area contributed by atoms with Gasteiger partial charge in [-0.15, -0.1) is 0 Å². The summed E-state index contributed by atoms with van der Waals surface area (Å²) in [7, 11) is 1.57. The molecule has 94 valence electrons. The monoisotopic (exact) mass is 309 g/mol. The van der Waals surface area contributed by atoms with E-state index in [2.05, 4.69) is 25.9 Å². The van der Waals surface area contributed by atoms with Crippen LogP contribution in [0, 0.1) is 0 Å². The molecule has 0 unspecified atom stereocenters. The molecule has 0 bridgehead atoms. The lowest BCUT2D eigenvalue weighted by atomic mass is 10.3. The van der Waals surface area contributed by atoms with Crippen LogP contribution in [-0.4, -0.2) is 17.1 Å². The average molecular weight is 310 g/mol. The molecule has 0 saturated heterocycles. The van der Waals surface area contributed by atoms with Crippen molar-refractivity contribution in [1.29, 1.82) is 0 Å². The zero-order chi connectivity index (χ0) is 13.0. The predicted octanol–water partition coefficient (Wildman–Crippen LogP) is 2.76. The van der Waals surface area contributed by atoms with Gasteiger partial charge in [-0.05, 0) is 24.3 Å². The summed E-state index contributed by atoms with van der Waals surface area (Å²) in [5.74, 6) is 1.92. The van der Waals surface area contributed by atoms with Crippen LogP contribution < -0.4 is 10.5 Å². The molecule has 0 radical (unpaired) electrons. The van der Waals surface area contributed by atoms with Gasteiger partial charge in [-0.1, -0.05) is 15.9 Å². The van der Waals surface area contributed by atoms with Crippen LogP contribution in [0.3, 0.4) is 0 Å². The number of nitrogens with two attached hydrogens (primary N) is 1. The molecule has 0 aliphatic heterocycles. The number of rotatable bonds is 4. The van der Waals surface area contributed by atoms with Gasteiger partial charge in [0.1, 0.15) is 18.2 Å². The number of nitrogens with zero attached hydrogens (tertiary/aromatic N) is 2. The first kappa shape index (κ1) is 12.8. The zero-order valence-corrected chi connectivity index (χ0v) is 11.3. The van der Waals surface area contributed by atoms with Gasteiger partial charge >= 0.3 is 0 Å². The number of ether oxygens (including phenoxy) is 2. The molecule has 0 atom stereocenters. The molecule has 0 spiro atoms. The van der Waals surface area contributed by atoms with Crippen LogP contribution in [0.25, 0.3) is 0 Å². The van der Waals surface area contributed by atoms with Crippen LogP contribution >= 0.6 is 15.9 Å². The molecule has 0 aliphatic rings. The Balaban J connectivity index is 2.20. The minimum atomic E-state index is 0.293. The van der Waals surface area contributed by atoms with E-state index >= 15 is 0 Å². The number of hydrogen-bond acceptors (Lipinski definition) is 5. The maximum Gasteiger partial charge on any atom is 0.224 e. The fourth-order valence-electron chi connectivity index (χ4n) is 1.36. The highest BCUT2D eigenvalue weighted by atomic mass is 79.9. The Bertz CT molecular complexity index is 531. The maximum atomic E-state index is 5.67. The topological polar surface area (TPSA) is 70.3 Å². The first-order chi connectivity index (χ1) is 8.67. The molecule has 0 amide bonds. The quantitative estimate of drug-likeness (QED) is 0.940. The number of hydrogen-bond donors (Lipinski definition) is 1. The van der Waals surface area contributed by atoms with E-state index in [1.165, 1.54) is 0 Å². The van der Waals surface area contributed by atoms with Gasteiger partial charge in [0, 0.05) is 17.6 Å². The highest BCUT2D eigenvalue weighted by Gasteiger charge is 2.04. The van der Waals surface area contributed by atoms with Crippen LogP contribution in [0.1, 0.15) is 5.82 Å². The summed E-state index contributed by atoms with van der Waals surface area (Å²) in [6, 6.07) is 9.00. The molecule has 2 aromatic rings. The highest BCUT2D eigenvalue weighted by molar-refractivity contribution is 9.10. The van der Waals surface area contributed by atoms with Crippen LogP contribution in [0.4, 0.5) is 5.82 Å². The molecular formula is C12H12BrN3O2. The SMILES string of the molecule is COCc1nc(N)cc(Oc2ccc(Br)cc2)n1. The van der Waals surface area contributed by atoms with Crippen molar-refractivity contribution in [2.45, 2.75) is 6.61 Å². The van der Waals surface area contributed by atoms with Crippen molar-refractivity contribution < 1.29 is 9.47 Å². The van der Waals surface area contributed by atoms with Crippen molar-refractivity contribution in [2.24, 2.45) is 0 Å². The lowest BCUT2D eigenvalue weighted by molar-refractivity contribution is 0.177. The van der Waals surface area contributed by atoms with E-state index in [4.69, 9.17) is 15.2 Å². The summed E-state index contributed by atoms with van der Waals surface area (Å²) in [6.45, 7) is 0.293. The Morgan fingerprint density at radius 2 is 1.94 bits per heavy atom. The predicted molar refractivity (Wildman–Crippen MR) is 71.4 cm³/mol. The summed E-state index contributed by atoms with van der Waals surface area (Å²) in [5, 5.41) is 0. The minimum absolute atomic E-state index is 0.293. The van der Waals surface area contributed by atoms with E-state index in [9.17, 15) is 0 Å². The van der Waals surface area contributed by atoms with Gasteiger partial charge in [-0.25, -0.2) is 4.98 Å². The Kier molecular flexibility index (Phi) is 4.11. The van der Waals surface area contributed by atoms with Gasteiger partial charge in [-0.2, -0.15) is 4.98 Å². The number of halogens is 1. The smallest absolute Gasteiger partial charge is 0.224 e. The third-order valence-electron chi connectivity index (χ3n) is 2.08. The summed E-state index contributed by atoms with van der Waals surface area (Å²) in [5.41, 5.74) is 5.67. The van der Waals surface area contributed by atoms with Gasteiger partial charge in [0.25, 0.3) is 0 Å². The van der Waals surface area contributed by atoms with Crippen LogP contribution in [0.5, 0.6) is 11.6 Å². The normalized spacial score (nSPS) is 10.3. The van der Waals surface area contributed by atoms with Gasteiger partial charge < -0.3 is 15.2 Å². The molecule has 1 aromatic heterocycles. The highest BCUT2D eigenvalue weighted by Crippen LogP contribution is 2.22. The summed E-state index contributed by atoms with van der Waals surface area (Å²) in [6.07, 6.45) is 0. The second-order valence-electron chi connectivity index (χ2n) is 3.54. The Morgan fingerprint density at radius 3 is 2.61 bits per heavy atom. The molecule has 2 N–H and O–H groups in total. The molecule has 5 nitrogen and oxygen atoms in total. The van der Waals surface area contributed by atoms with Crippen molar-refractivity contribution in [3.8, 4) is 11.6 Å². The maximum absolute atomic E-state index is 5.67. The Hall–Kier alpha value is -1.66. The molecule has 18 heavy (non-hydrogen) atoms. The first-order valence-corrected chi connectivity index (χ1v) is 6.02. The van der Waals surface area contributed by atoms with Crippen molar-refractivity contribution >= 4 is 21.7 Å². The molecule has 2 rings (SSSR count). The van der Waals surface area contributed by atoms with Crippen molar-refractivity contribution in [2.75, 3.05) is 12.8 Å². The van der Waals surface area contributed by atoms with Crippen LogP contribution in [0.15, 0.2) is 34.8 Å². The molecule has 1 heterocycles. The van der Waals surface area contributed by atoms with Gasteiger partial charge in [-0.3, -0.25) is 0 Å². The van der Waals surface area contributed by atoms with E-state index in [0.717, 1.165) is 4.47 Å². The largest absolute Gasteiger partial charge is 0.439 e. The minimum Gasteiger partial charge on any atom is -0.439 e. The number of anilines is 1. The van der Waals surface area contributed by atoms with E-state index in [1.807, 2.05) is 24.3 Å². The Labute approximate surface area is 113 Å². The number of benzene rings is 1. The first-order valence-electron chi connectivity index (χ1n) is 5.23. The fraction of sp³-hybridized carbons (Fsp3) is 0.167. The van der Waals surface area contributed by atoms with Gasteiger partial charge in [0.15, 0.2) is 5.82 Å². The molecular weight excluding hydrogens is 298 g/mol. The lowest BCUT2D eigenvalue weighted by Gasteiger charge is -2.07. The van der Waals surface area contributed by atoms with Crippen molar-refractivity contribution in [3.05, 3.63) is 40.6 Å². The summed E-state index contributed by atoms with van der Waals surface area (Å²) >= 11 is 3.36. The van der Waals surface area contributed by atoms with Gasteiger partial charge in [0.2, 0.25) is 5.88 Å². The summed E-state index contributed by atoms with van der Waals surface area (Å²) in [4.78, 5) is 8.22. The number of methoxy groups -OCH3 is 1. The van der Waals surface area contributed by atoms with Crippen LogP contribution in [-0.2, 0) is 11.3 Å². The fourth-order valence-corrected chi connectivity index (χ4v) is 1.63. The second kappa shape index (κ2) is 5.79. The lowest BCUT2D eigenvalue weighted by Crippen LogP contribution is -2.02. The molecule has 1 aromatic carbocycles. The molecule has 0 fully saturated rings. The van der Waals surface area contributed by atoms with Crippen molar-refractivity contribution in [3.63, 3.8) is 0 Å². The second-order valence-corrected chi connectivity index (χ2v) is 4.45. The zero-order valence-electron chi connectivity index (χ0n) is 9.76. The summed E-state index contributed by atoms with van der Waals surface area (Å²) < 4.78 is 11.5. The van der Waals surface area contributed by atoms with E-state index in [1.54, 1.807) is 13.2 Å².